The van der Waals surface area contributed by atoms with Gasteiger partial charge in [0.05, 0.1) is 11.6 Å². The van der Waals surface area contributed by atoms with Crippen LogP contribution in [0.5, 0.6) is 0 Å². The third-order valence-electron chi connectivity index (χ3n) is 5.05. The minimum Gasteiger partial charge on any atom is -0.305 e. The highest BCUT2D eigenvalue weighted by molar-refractivity contribution is 7.88. The van der Waals surface area contributed by atoms with Gasteiger partial charge in [-0.1, -0.05) is 0 Å². The lowest BCUT2D eigenvalue weighted by Gasteiger charge is -2.32. The molecule has 8 nitrogen and oxygen atoms in total. The number of aromatic nitrogens is 2. The van der Waals surface area contributed by atoms with Crippen LogP contribution in [-0.2, 0) is 15.0 Å². The van der Waals surface area contributed by atoms with Gasteiger partial charge in [0.25, 0.3) is 5.91 Å². The Morgan fingerprint density at radius 3 is 2.50 bits per heavy atom. The Morgan fingerprint density at radius 1 is 1.27 bits per heavy atom. The Balaban J connectivity index is 1.85. The van der Waals surface area contributed by atoms with E-state index >= 15 is 0 Å². The van der Waals surface area contributed by atoms with E-state index in [9.17, 15) is 30.8 Å². The predicted molar refractivity (Wildman–Crippen MR) is 98.9 cm³/mol. The number of likely N-dealkylation sites (N-methyl/N-ethyl adjacent to an activating group) is 1. The molecule has 164 valence electrons. The first-order chi connectivity index (χ1) is 14.0. The molecule has 30 heavy (non-hydrogen) atoms. The summed E-state index contributed by atoms with van der Waals surface area (Å²) in [5.41, 5.74) is -0.223. The Hall–Kier alpha value is -2.57. The Labute approximate surface area is 170 Å². The molecule has 0 atom stereocenters. The van der Waals surface area contributed by atoms with Crippen molar-refractivity contribution in [3.05, 3.63) is 30.1 Å². The largest absolute Gasteiger partial charge is 0.391 e. The number of nitrogens with zero attached hydrogens (tertiary/aromatic N) is 4. The van der Waals surface area contributed by atoms with Crippen molar-refractivity contribution in [1.82, 2.24) is 14.3 Å². The second kappa shape index (κ2) is 8.28. The SMILES string of the molecule is CCN1C(C(=O)Nc2ccnc(F)n2)=CC(C2CCC(C(F)(F)F)CC2)=NS1(=O)=O. The summed E-state index contributed by atoms with van der Waals surface area (Å²) in [7, 11) is -4.25. The zero-order chi connectivity index (χ0) is 22.1. The van der Waals surface area contributed by atoms with Gasteiger partial charge in [-0.05, 0) is 44.7 Å². The van der Waals surface area contributed by atoms with Crippen LogP contribution in [0.15, 0.2) is 28.4 Å². The second-order valence-corrected chi connectivity index (χ2v) is 8.46. The molecule has 0 spiro atoms. The summed E-state index contributed by atoms with van der Waals surface area (Å²) in [6.07, 6.45) is -3.10. The van der Waals surface area contributed by atoms with Crippen molar-refractivity contribution in [3.63, 3.8) is 0 Å². The van der Waals surface area contributed by atoms with Crippen molar-refractivity contribution in [3.8, 4) is 0 Å². The molecule has 1 saturated carbocycles. The number of carbonyl (C=O) groups excluding carboxylic acids is 1. The first kappa shape index (κ1) is 22.1. The maximum atomic E-state index is 13.2. The Kier molecular flexibility index (Phi) is 6.11. The number of carbonyl (C=O) groups is 1. The lowest BCUT2D eigenvalue weighted by atomic mass is 9.79. The molecule has 2 heterocycles. The van der Waals surface area contributed by atoms with Crippen LogP contribution in [0, 0.1) is 17.9 Å². The molecule has 2 aliphatic rings. The second-order valence-electron chi connectivity index (χ2n) is 6.94. The molecule has 1 aliphatic carbocycles. The van der Waals surface area contributed by atoms with Crippen LogP contribution >= 0.6 is 0 Å². The fourth-order valence-corrected chi connectivity index (χ4v) is 4.83. The van der Waals surface area contributed by atoms with Crippen molar-refractivity contribution in [1.29, 1.82) is 0 Å². The van der Waals surface area contributed by atoms with Crippen LogP contribution in [-0.4, -0.2) is 47.0 Å². The maximum Gasteiger partial charge on any atom is 0.391 e. The van der Waals surface area contributed by atoms with E-state index in [-0.39, 0.29) is 49.5 Å². The van der Waals surface area contributed by atoms with Crippen LogP contribution in [0.2, 0.25) is 0 Å². The van der Waals surface area contributed by atoms with Gasteiger partial charge in [0, 0.05) is 18.7 Å². The van der Waals surface area contributed by atoms with Crippen LogP contribution in [0.3, 0.4) is 0 Å². The smallest absolute Gasteiger partial charge is 0.305 e. The average Bonchev–Trinajstić information content (AvgIpc) is 2.66. The number of hydrogen-bond donors (Lipinski definition) is 1. The van der Waals surface area contributed by atoms with E-state index in [1.807, 2.05) is 0 Å². The first-order valence-corrected chi connectivity index (χ1v) is 10.6. The van der Waals surface area contributed by atoms with Gasteiger partial charge in [-0.3, -0.25) is 4.79 Å². The summed E-state index contributed by atoms with van der Waals surface area (Å²) >= 11 is 0. The van der Waals surface area contributed by atoms with E-state index in [0.29, 0.717) is 0 Å². The fourth-order valence-electron chi connectivity index (χ4n) is 3.55. The van der Waals surface area contributed by atoms with Crippen LogP contribution in [0.1, 0.15) is 32.6 Å². The van der Waals surface area contributed by atoms with Crippen molar-refractivity contribution in [2.75, 3.05) is 11.9 Å². The molecule has 1 N–H and O–H groups in total. The Morgan fingerprint density at radius 2 is 1.93 bits per heavy atom. The third kappa shape index (κ3) is 4.77. The zero-order valence-electron chi connectivity index (χ0n) is 15.9. The van der Waals surface area contributed by atoms with Crippen LogP contribution < -0.4 is 5.32 Å². The van der Waals surface area contributed by atoms with Crippen molar-refractivity contribution >= 4 is 27.6 Å². The molecule has 1 aliphatic heterocycles. The number of nitrogens with one attached hydrogen (secondary N) is 1. The molecule has 1 fully saturated rings. The minimum absolute atomic E-state index is 0.0411. The van der Waals surface area contributed by atoms with E-state index in [0.717, 1.165) is 10.5 Å². The van der Waals surface area contributed by atoms with Crippen molar-refractivity contribution < 1.29 is 30.8 Å². The molecule has 0 bridgehead atoms. The van der Waals surface area contributed by atoms with Crippen molar-refractivity contribution in [2.24, 2.45) is 16.2 Å². The molecule has 0 unspecified atom stereocenters. The van der Waals surface area contributed by atoms with Gasteiger partial charge in [0.2, 0.25) is 0 Å². The quantitative estimate of drug-likeness (QED) is 0.562. The number of hydrogen-bond acceptors (Lipinski definition) is 5. The molecule has 1 aromatic rings. The molecule has 0 saturated heterocycles. The van der Waals surface area contributed by atoms with E-state index in [1.54, 1.807) is 0 Å². The maximum absolute atomic E-state index is 13.2. The minimum atomic E-state index is -4.29. The van der Waals surface area contributed by atoms with Crippen LogP contribution in [0.25, 0.3) is 0 Å². The fraction of sp³-hybridized carbons (Fsp3) is 0.529. The molecule has 1 amide bonds. The van der Waals surface area contributed by atoms with E-state index in [1.165, 1.54) is 19.1 Å². The summed E-state index contributed by atoms with van der Waals surface area (Å²) in [6.45, 7) is 1.40. The highest BCUT2D eigenvalue weighted by atomic mass is 32.2. The van der Waals surface area contributed by atoms with E-state index in [4.69, 9.17) is 0 Å². The normalized spacial score (nSPS) is 24.1. The van der Waals surface area contributed by atoms with Gasteiger partial charge in [0.1, 0.15) is 11.5 Å². The molecule has 0 aromatic carbocycles. The highest BCUT2D eigenvalue weighted by Gasteiger charge is 2.43. The zero-order valence-corrected chi connectivity index (χ0v) is 16.7. The topological polar surface area (TPSA) is 105 Å². The standard InChI is InChI=1S/C17H19F4N5O3S/c1-2-26-13(15(27)23-14-7-8-22-16(18)24-14)9-12(25-30(26,28)29)10-3-5-11(6-4-10)17(19,20)21/h7-11H,2-6H2,1H3,(H,22,23,24,27). The third-order valence-corrected chi connectivity index (χ3v) is 6.50. The van der Waals surface area contributed by atoms with Gasteiger partial charge in [-0.15, -0.1) is 4.40 Å². The summed E-state index contributed by atoms with van der Waals surface area (Å²) in [5, 5.41) is 2.30. The van der Waals surface area contributed by atoms with Gasteiger partial charge in [-0.2, -0.15) is 31.0 Å². The number of alkyl halides is 3. The molecule has 3 rings (SSSR count). The monoisotopic (exact) mass is 449 g/mol. The highest BCUT2D eigenvalue weighted by Crippen LogP contribution is 2.40. The van der Waals surface area contributed by atoms with Gasteiger partial charge in [0.15, 0.2) is 0 Å². The summed E-state index contributed by atoms with van der Waals surface area (Å²) < 4.78 is 81.5. The molecular formula is C17H19F4N5O3S. The van der Waals surface area contributed by atoms with Gasteiger partial charge >= 0.3 is 22.5 Å². The molecular weight excluding hydrogens is 430 g/mol. The summed E-state index contributed by atoms with van der Waals surface area (Å²) in [4.78, 5) is 19.3. The lowest BCUT2D eigenvalue weighted by Crippen LogP contribution is -2.40. The predicted octanol–water partition coefficient (Wildman–Crippen LogP) is 2.83. The van der Waals surface area contributed by atoms with E-state index in [2.05, 4.69) is 19.7 Å². The Bertz CT molecular complexity index is 985. The molecule has 13 heteroatoms. The van der Waals surface area contributed by atoms with Crippen LogP contribution in [0.4, 0.5) is 23.4 Å². The lowest BCUT2D eigenvalue weighted by molar-refractivity contribution is -0.182. The number of amides is 1. The van der Waals surface area contributed by atoms with Crippen molar-refractivity contribution in [2.45, 2.75) is 38.8 Å². The van der Waals surface area contributed by atoms with Gasteiger partial charge < -0.3 is 5.32 Å². The molecule has 0 radical (unpaired) electrons. The number of anilines is 1. The number of halogens is 4. The van der Waals surface area contributed by atoms with E-state index < -0.39 is 40.2 Å². The van der Waals surface area contributed by atoms with Gasteiger partial charge in [-0.25, -0.2) is 9.29 Å². The number of allylic oxidation sites excluding steroid dienone is 1. The number of rotatable bonds is 4. The molecule has 1 aromatic heterocycles. The summed E-state index contributed by atoms with van der Waals surface area (Å²) in [5.74, 6) is -2.98. The summed E-state index contributed by atoms with van der Waals surface area (Å²) in [6, 6.07) is 1.22. The first-order valence-electron chi connectivity index (χ1n) is 9.22. The average molecular weight is 449 g/mol.